The van der Waals surface area contributed by atoms with Crippen LogP contribution in [0.15, 0.2) is 41.0 Å². The Morgan fingerprint density at radius 3 is 2.89 bits per heavy atom. The fraction of sp³-hybridized carbons (Fsp3) is 0.214. The molecule has 0 bridgehead atoms. The molecule has 0 N–H and O–H groups in total. The van der Waals surface area contributed by atoms with Crippen LogP contribution in [0, 0.1) is 0 Å². The molecule has 2 aromatic rings. The van der Waals surface area contributed by atoms with Gasteiger partial charge in [-0.1, -0.05) is 11.6 Å². The molecule has 0 radical (unpaired) electrons. The lowest BCUT2D eigenvalue weighted by Crippen LogP contribution is -1.99. The molecule has 94 valence electrons. The minimum absolute atomic E-state index is 0.456. The van der Waals surface area contributed by atoms with Crippen LogP contribution in [-0.4, -0.2) is 12.9 Å². The number of carbonyl (C=O) groups is 1. The van der Waals surface area contributed by atoms with Gasteiger partial charge in [0, 0.05) is 12.0 Å². The number of hydrogen-bond acceptors (Lipinski definition) is 3. The Morgan fingerprint density at radius 1 is 1.33 bits per heavy atom. The molecule has 0 aliphatic heterocycles. The minimum atomic E-state index is 0.456. The zero-order chi connectivity index (χ0) is 12.8. The highest BCUT2D eigenvalue weighted by atomic mass is 35.5. The average Bonchev–Trinajstić information content (AvgIpc) is 2.89. The molecular weight excluding hydrogens is 252 g/mol. The van der Waals surface area contributed by atoms with E-state index in [0.717, 1.165) is 24.9 Å². The van der Waals surface area contributed by atoms with Crippen LogP contribution in [0.2, 0.25) is 5.02 Å². The second-order valence-electron chi connectivity index (χ2n) is 3.84. The Bertz CT molecular complexity index is 506. The molecule has 1 aromatic carbocycles. The number of ether oxygens (including phenoxy) is 1. The summed E-state index contributed by atoms with van der Waals surface area (Å²) in [6.07, 6.45) is 4.09. The molecule has 4 heteroatoms. The van der Waals surface area contributed by atoms with Crippen LogP contribution in [0.5, 0.6) is 5.75 Å². The van der Waals surface area contributed by atoms with Gasteiger partial charge in [0.25, 0.3) is 0 Å². The SMILES string of the molecule is O=Cc1ccc(OCCCc2ccco2)c(Cl)c1. The van der Waals surface area contributed by atoms with Crippen molar-refractivity contribution in [2.24, 2.45) is 0 Å². The van der Waals surface area contributed by atoms with E-state index < -0.39 is 0 Å². The molecule has 0 aliphatic rings. The quantitative estimate of drug-likeness (QED) is 0.589. The fourth-order valence-corrected chi connectivity index (χ4v) is 1.83. The van der Waals surface area contributed by atoms with Gasteiger partial charge < -0.3 is 9.15 Å². The van der Waals surface area contributed by atoms with Crippen LogP contribution in [0.4, 0.5) is 0 Å². The molecule has 0 fully saturated rings. The number of hydrogen-bond donors (Lipinski definition) is 0. The Morgan fingerprint density at radius 2 is 2.22 bits per heavy atom. The summed E-state index contributed by atoms with van der Waals surface area (Å²) in [7, 11) is 0. The van der Waals surface area contributed by atoms with Crippen molar-refractivity contribution in [3.8, 4) is 5.75 Å². The van der Waals surface area contributed by atoms with Crippen molar-refractivity contribution >= 4 is 17.9 Å². The summed E-state index contributed by atoms with van der Waals surface area (Å²) in [4.78, 5) is 10.6. The summed E-state index contributed by atoms with van der Waals surface area (Å²) < 4.78 is 10.8. The smallest absolute Gasteiger partial charge is 0.150 e. The van der Waals surface area contributed by atoms with Crippen molar-refractivity contribution in [1.82, 2.24) is 0 Å². The third-order valence-electron chi connectivity index (χ3n) is 2.50. The molecule has 1 heterocycles. The average molecular weight is 265 g/mol. The van der Waals surface area contributed by atoms with E-state index in [4.69, 9.17) is 20.8 Å². The Labute approximate surface area is 110 Å². The summed E-state index contributed by atoms with van der Waals surface area (Å²) >= 11 is 5.98. The maximum absolute atomic E-state index is 10.6. The first-order valence-electron chi connectivity index (χ1n) is 5.69. The van der Waals surface area contributed by atoms with Crippen molar-refractivity contribution in [1.29, 1.82) is 0 Å². The monoisotopic (exact) mass is 264 g/mol. The topological polar surface area (TPSA) is 39.4 Å². The third kappa shape index (κ3) is 3.37. The van der Waals surface area contributed by atoms with E-state index in [1.165, 1.54) is 0 Å². The Hall–Kier alpha value is -1.74. The molecular formula is C14H13ClO3. The maximum atomic E-state index is 10.6. The van der Waals surface area contributed by atoms with Crippen molar-refractivity contribution in [2.45, 2.75) is 12.8 Å². The van der Waals surface area contributed by atoms with E-state index in [-0.39, 0.29) is 0 Å². The first kappa shape index (κ1) is 12.7. The molecule has 3 nitrogen and oxygen atoms in total. The number of aldehydes is 1. The second kappa shape index (κ2) is 6.26. The molecule has 0 aliphatic carbocycles. The summed E-state index contributed by atoms with van der Waals surface area (Å²) in [5, 5.41) is 0.456. The highest BCUT2D eigenvalue weighted by Crippen LogP contribution is 2.25. The van der Waals surface area contributed by atoms with Gasteiger partial charge in [-0.05, 0) is 36.8 Å². The van der Waals surface area contributed by atoms with Crippen LogP contribution >= 0.6 is 11.6 Å². The molecule has 0 saturated heterocycles. The number of halogens is 1. The van der Waals surface area contributed by atoms with Crippen molar-refractivity contribution in [3.63, 3.8) is 0 Å². The van der Waals surface area contributed by atoms with Crippen LogP contribution in [0.25, 0.3) is 0 Å². The van der Waals surface area contributed by atoms with Gasteiger partial charge in [-0.2, -0.15) is 0 Å². The van der Waals surface area contributed by atoms with Gasteiger partial charge in [0.1, 0.15) is 17.8 Å². The van der Waals surface area contributed by atoms with Crippen molar-refractivity contribution in [3.05, 3.63) is 52.9 Å². The van der Waals surface area contributed by atoms with Gasteiger partial charge in [0.05, 0.1) is 17.9 Å². The third-order valence-corrected chi connectivity index (χ3v) is 2.79. The number of carbonyl (C=O) groups excluding carboxylic acids is 1. The first-order chi connectivity index (χ1) is 8.79. The lowest BCUT2D eigenvalue weighted by Gasteiger charge is -2.07. The van der Waals surface area contributed by atoms with Crippen LogP contribution in [-0.2, 0) is 6.42 Å². The zero-order valence-corrected chi connectivity index (χ0v) is 10.5. The summed E-state index contributed by atoms with van der Waals surface area (Å²) in [6, 6.07) is 8.78. The number of benzene rings is 1. The number of furan rings is 1. The first-order valence-corrected chi connectivity index (χ1v) is 6.07. The lowest BCUT2D eigenvalue weighted by molar-refractivity contribution is 0.112. The molecule has 0 unspecified atom stereocenters. The maximum Gasteiger partial charge on any atom is 0.150 e. The molecule has 0 saturated carbocycles. The predicted molar refractivity (Wildman–Crippen MR) is 69.4 cm³/mol. The Balaban J connectivity index is 1.81. The molecule has 0 amide bonds. The largest absolute Gasteiger partial charge is 0.492 e. The van der Waals surface area contributed by atoms with Crippen molar-refractivity contribution < 1.29 is 13.9 Å². The van der Waals surface area contributed by atoms with Gasteiger partial charge in [-0.15, -0.1) is 0 Å². The van der Waals surface area contributed by atoms with Gasteiger partial charge in [-0.3, -0.25) is 4.79 Å². The van der Waals surface area contributed by atoms with Crippen LogP contribution < -0.4 is 4.74 Å². The van der Waals surface area contributed by atoms with E-state index in [1.807, 2.05) is 12.1 Å². The molecule has 2 rings (SSSR count). The van der Waals surface area contributed by atoms with Crippen molar-refractivity contribution in [2.75, 3.05) is 6.61 Å². The normalized spacial score (nSPS) is 10.3. The van der Waals surface area contributed by atoms with Crippen LogP contribution in [0.1, 0.15) is 22.5 Å². The standard InChI is InChI=1S/C14H13ClO3/c15-13-9-11(10-16)5-6-14(13)18-8-2-4-12-3-1-7-17-12/h1,3,5-7,9-10H,2,4,8H2. The van der Waals surface area contributed by atoms with E-state index in [0.29, 0.717) is 22.9 Å². The highest BCUT2D eigenvalue weighted by Gasteiger charge is 2.03. The number of rotatable bonds is 6. The predicted octanol–water partition coefficient (Wildman–Crippen LogP) is 3.76. The van der Waals surface area contributed by atoms with Crippen LogP contribution in [0.3, 0.4) is 0 Å². The van der Waals surface area contributed by atoms with Gasteiger partial charge in [-0.25, -0.2) is 0 Å². The lowest BCUT2D eigenvalue weighted by atomic mass is 10.2. The van der Waals surface area contributed by atoms with E-state index in [1.54, 1.807) is 24.5 Å². The summed E-state index contributed by atoms with van der Waals surface area (Å²) in [6.45, 7) is 0.556. The minimum Gasteiger partial charge on any atom is -0.492 e. The van der Waals surface area contributed by atoms with E-state index in [9.17, 15) is 4.79 Å². The van der Waals surface area contributed by atoms with Gasteiger partial charge >= 0.3 is 0 Å². The van der Waals surface area contributed by atoms with Gasteiger partial charge in [0.2, 0.25) is 0 Å². The Kier molecular flexibility index (Phi) is 4.42. The van der Waals surface area contributed by atoms with E-state index >= 15 is 0 Å². The van der Waals surface area contributed by atoms with E-state index in [2.05, 4.69) is 0 Å². The molecule has 0 spiro atoms. The number of aryl methyl sites for hydroxylation is 1. The molecule has 18 heavy (non-hydrogen) atoms. The fourth-order valence-electron chi connectivity index (χ4n) is 1.59. The van der Waals surface area contributed by atoms with Gasteiger partial charge in [0.15, 0.2) is 0 Å². The summed E-state index contributed by atoms with van der Waals surface area (Å²) in [5.41, 5.74) is 0.544. The highest BCUT2D eigenvalue weighted by molar-refractivity contribution is 6.32. The summed E-state index contributed by atoms with van der Waals surface area (Å²) in [5.74, 6) is 1.54. The molecule has 0 atom stereocenters. The molecule has 1 aromatic heterocycles. The zero-order valence-electron chi connectivity index (χ0n) is 9.77. The second-order valence-corrected chi connectivity index (χ2v) is 4.25.